The minimum Gasteiger partial charge on any atom is -0.493 e. The van der Waals surface area contributed by atoms with E-state index in [0.717, 1.165) is 12.0 Å². The van der Waals surface area contributed by atoms with E-state index in [4.69, 9.17) is 18.9 Å². The Hall–Kier alpha value is -3.36. The van der Waals surface area contributed by atoms with Crippen molar-refractivity contribution in [3.05, 3.63) is 52.6 Å². The fourth-order valence-corrected chi connectivity index (χ4v) is 4.81. The summed E-state index contributed by atoms with van der Waals surface area (Å²) in [7, 11) is 3.76. The molecule has 2 aromatic carbocycles. The average molecular weight is 657 g/mol. The zero-order valence-corrected chi connectivity index (χ0v) is 23.9. The summed E-state index contributed by atoms with van der Waals surface area (Å²) in [6.07, 6.45) is -11.8. The maximum absolute atomic E-state index is 13.5. The number of rotatable bonds is 7. The minimum absolute atomic E-state index is 0.0114. The van der Waals surface area contributed by atoms with Gasteiger partial charge in [0.1, 0.15) is 6.61 Å². The van der Waals surface area contributed by atoms with Crippen molar-refractivity contribution < 1.29 is 54.9 Å². The van der Waals surface area contributed by atoms with Gasteiger partial charge in [-0.05, 0) is 43.2 Å². The lowest BCUT2D eigenvalue weighted by molar-refractivity contribution is -0.143. The van der Waals surface area contributed by atoms with Crippen molar-refractivity contribution in [2.24, 2.45) is 0 Å². The number of methoxy groups -OCH3 is 3. The third-order valence-corrected chi connectivity index (χ3v) is 6.77. The quantitative estimate of drug-likeness (QED) is 0.232. The molecule has 1 heterocycles. The molecule has 2 aromatic rings. The van der Waals surface area contributed by atoms with E-state index in [1.165, 1.54) is 31.3 Å². The summed E-state index contributed by atoms with van der Waals surface area (Å²) >= 11 is 3.18. The van der Waals surface area contributed by atoms with Crippen LogP contribution < -0.4 is 14.4 Å². The van der Waals surface area contributed by atoms with Crippen LogP contribution in [-0.2, 0) is 28.4 Å². The number of nitrogens with zero attached hydrogens (tertiary/aromatic N) is 2. The number of hydrogen-bond donors (Lipinski definition) is 0. The molecule has 3 rings (SSSR count). The Labute approximate surface area is 240 Å². The van der Waals surface area contributed by atoms with Crippen LogP contribution in [-0.4, -0.2) is 56.4 Å². The number of carbonyl (C=O) groups is 2. The van der Waals surface area contributed by atoms with Gasteiger partial charge in [-0.15, -0.1) is 0 Å². The van der Waals surface area contributed by atoms with E-state index in [0.29, 0.717) is 23.0 Å². The number of ether oxygens (including phenoxy) is 4. The predicted molar refractivity (Wildman–Crippen MR) is 138 cm³/mol. The molecular weight excluding hydrogens is 630 g/mol. The van der Waals surface area contributed by atoms with E-state index in [1.54, 1.807) is 6.92 Å². The zero-order valence-electron chi connectivity index (χ0n) is 22.4. The molecule has 1 aliphatic rings. The Balaban J connectivity index is 2.19. The van der Waals surface area contributed by atoms with E-state index < -0.39 is 59.9 Å². The van der Waals surface area contributed by atoms with E-state index in [9.17, 15) is 35.9 Å². The maximum Gasteiger partial charge on any atom is 0.416 e. The first-order valence-electron chi connectivity index (χ1n) is 12.1. The molecule has 226 valence electrons. The van der Waals surface area contributed by atoms with Crippen LogP contribution in [0.4, 0.5) is 41.6 Å². The van der Waals surface area contributed by atoms with Crippen LogP contribution in [0.3, 0.4) is 0 Å². The van der Waals surface area contributed by atoms with Crippen LogP contribution in [0.1, 0.15) is 41.6 Å². The third kappa shape index (κ3) is 7.11. The molecule has 0 unspecified atom stereocenters. The Morgan fingerprint density at radius 2 is 1.51 bits per heavy atom. The molecule has 0 bridgehead atoms. The lowest BCUT2D eigenvalue weighted by Gasteiger charge is -2.42. The van der Waals surface area contributed by atoms with Crippen LogP contribution in [0.5, 0.6) is 11.5 Å². The van der Waals surface area contributed by atoms with Crippen LogP contribution >= 0.6 is 15.9 Å². The second-order valence-electron chi connectivity index (χ2n) is 9.05. The topological polar surface area (TPSA) is 77.5 Å². The lowest BCUT2D eigenvalue weighted by atomic mass is 9.90. The molecule has 8 nitrogen and oxygen atoms in total. The molecule has 1 aliphatic heterocycles. The van der Waals surface area contributed by atoms with Crippen LogP contribution in [0.25, 0.3) is 0 Å². The summed E-state index contributed by atoms with van der Waals surface area (Å²) in [5, 5.41) is 0.370. The van der Waals surface area contributed by atoms with E-state index in [2.05, 4.69) is 15.9 Å². The second-order valence-corrected chi connectivity index (χ2v) is 9.84. The number of anilines is 1. The lowest BCUT2D eigenvalue weighted by Crippen LogP contribution is -2.47. The highest BCUT2D eigenvalue weighted by Crippen LogP contribution is 2.47. The smallest absolute Gasteiger partial charge is 0.416 e. The maximum atomic E-state index is 13.5. The number of hydrogen-bond acceptors (Lipinski definition) is 6. The average Bonchev–Trinajstić information content (AvgIpc) is 2.91. The molecule has 0 saturated carbocycles. The minimum atomic E-state index is -5.07. The summed E-state index contributed by atoms with van der Waals surface area (Å²) in [5.74, 6) is 0.442. The van der Waals surface area contributed by atoms with Gasteiger partial charge in [0.05, 0.1) is 44.2 Å². The Morgan fingerprint density at radius 1 is 0.951 bits per heavy atom. The van der Waals surface area contributed by atoms with Gasteiger partial charge in [0.2, 0.25) is 0 Å². The molecule has 41 heavy (non-hydrogen) atoms. The summed E-state index contributed by atoms with van der Waals surface area (Å²) < 4.78 is 102. The molecule has 2 atom stereocenters. The molecule has 0 aliphatic carbocycles. The van der Waals surface area contributed by atoms with Gasteiger partial charge in [0.25, 0.3) is 0 Å². The fraction of sp³-hybridized carbons (Fsp3) is 0.462. The highest BCUT2D eigenvalue weighted by molar-refractivity contribution is 9.09. The monoisotopic (exact) mass is 656 g/mol. The summed E-state index contributed by atoms with van der Waals surface area (Å²) in [6, 6.07) is 2.49. The molecule has 0 saturated heterocycles. The standard InChI is InChI=1S/C26H27BrF6N2O6/c1-14-7-19(18-11-21(38-2)22(39-3)12-20(18)35(14)24(37)41-6-5-27)34(23(36)40-4)13-15-8-16(25(28,29)30)10-17(9-15)26(31,32)33/h8-12,14,19H,5-7,13H2,1-4H3/t14-,19+/m0/s1. The first kappa shape index (κ1) is 32.2. The van der Waals surface area contributed by atoms with Crippen molar-refractivity contribution in [2.45, 2.75) is 44.3 Å². The van der Waals surface area contributed by atoms with Crippen molar-refractivity contribution >= 4 is 33.8 Å². The number of benzene rings is 2. The van der Waals surface area contributed by atoms with Crippen LogP contribution in [0.2, 0.25) is 0 Å². The number of alkyl halides is 7. The highest BCUT2D eigenvalue weighted by Gasteiger charge is 2.41. The van der Waals surface area contributed by atoms with Crippen LogP contribution in [0.15, 0.2) is 30.3 Å². The van der Waals surface area contributed by atoms with Gasteiger partial charge in [-0.3, -0.25) is 9.80 Å². The number of carbonyl (C=O) groups excluding carboxylic acids is 2. The van der Waals surface area contributed by atoms with Crippen molar-refractivity contribution in [3.63, 3.8) is 0 Å². The van der Waals surface area contributed by atoms with E-state index in [1.807, 2.05) is 0 Å². The van der Waals surface area contributed by atoms with Crippen molar-refractivity contribution in [1.29, 1.82) is 0 Å². The summed E-state index contributed by atoms with van der Waals surface area (Å²) in [6.45, 7) is 1.04. The summed E-state index contributed by atoms with van der Waals surface area (Å²) in [4.78, 5) is 28.4. The molecule has 15 heteroatoms. The first-order valence-corrected chi connectivity index (χ1v) is 13.2. The van der Waals surface area contributed by atoms with E-state index in [-0.39, 0.29) is 36.3 Å². The Bertz CT molecular complexity index is 1240. The van der Waals surface area contributed by atoms with E-state index >= 15 is 0 Å². The Morgan fingerprint density at radius 3 is 2.00 bits per heavy atom. The number of fused-ring (bicyclic) bond motifs is 1. The van der Waals surface area contributed by atoms with Gasteiger partial charge >= 0.3 is 24.5 Å². The predicted octanol–water partition coefficient (Wildman–Crippen LogP) is 7.18. The molecule has 0 aromatic heterocycles. The highest BCUT2D eigenvalue weighted by atomic mass is 79.9. The van der Waals surface area contributed by atoms with Gasteiger partial charge in [-0.2, -0.15) is 26.3 Å². The zero-order chi connectivity index (χ0) is 30.7. The van der Waals surface area contributed by atoms with Crippen molar-refractivity contribution in [3.8, 4) is 11.5 Å². The molecule has 0 fully saturated rings. The molecule has 0 N–H and O–H groups in total. The van der Waals surface area contributed by atoms with Gasteiger partial charge < -0.3 is 18.9 Å². The molecule has 0 radical (unpaired) electrons. The third-order valence-electron chi connectivity index (χ3n) is 6.44. The van der Waals surface area contributed by atoms with Crippen molar-refractivity contribution in [1.82, 2.24) is 4.90 Å². The number of amides is 2. The SMILES string of the molecule is COC(=O)N(Cc1cc(C(F)(F)F)cc(C(F)(F)F)c1)[C@@H]1C[C@H](C)N(C(=O)OCCBr)c2cc(OC)c(OC)cc21. The van der Waals surface area contributed by atoms with Gasteiger partial charge in [0, 0.05) is 29.5 Å². The largest absolute Gasteiger partial charge is 0.493 e. The molecule has 0 spiro atoms. The van der Waals surface area contributed by atoms with Crippen molar-refractivity contribution in [2.75, 3.05) is 38.2 Å². The Kier molecular flexibility index (Phi) is 9.93. The molecular formula is C26H27BrF6N2O6. The van der Waals surface area contributed by atoms with Gasteiger partial charge in [-0.25, -0.2) is 9.59 Å². The normalized spacial score (nSPS) is 17.0. The molecule has 2 amide bonds. The van der Waals surface area contributed by atoms with Crippen LogP contribution in [0, 0.1) is 0 Å². The van der Waals surface area contributed by atoms with Gasteiger partial charge in [-0.1, -0.05) is 15.9 Å². The fourth-order valence-electron chi connectivity index (χ4n) is 4.65. The number of halogens is 7. The first-order chi connectivity index (χ1) is 19.2. The van der Waals surface area contributed by atoms with Gasteiger partial charge in [0.15, 0.2) is 11.5 Å². The summed E-state index contributed by atoms with van der Waals surface area (Å²) in [5.41, 5.74) is -2.90. The second kappa shape index (κ2) is 12.7.